The normalized spacial score (nSPS) is 11.8. The summed E-state index contributed by atoms with van der Waals surface area (Å²) in [5.74, 6) is 0. The predicted molar refractivity (Wildman–Crippen MR) is 86.9 cm³/mol. The molecule has 20 heavy (non-hydrogen) atoms. The van der Waals surface area contributed by atoms with Crippen molar-refractivity contribution in [1.82, 2.24) is 14.7 Å². The second-order valence-corrected chi connectivity index (χ2v) is 5.91. The van der Waals surface area contributed by atoms with E-state index in [2.05, 4.69) is 46.7 Å². The van der Waals surface area contributed by atoms with Crippen molar-refractivity contribution in [3.05, 3.63) is 15.9 Å². The molecule has 4 nitrogen and oxygen atoms in total. The van der Waals surface area contributed by atoms with E-state index in [1.54, 1.807) is 7.11 Å². The summed E-state index contributed by atoms with van der Waals surface area (Å²) >= 11 is 3.71. The largest absolute Gasteiger partial charge is 0.383 e. The van der Waals surface area contributed by atoms with E-state index >= 15 is 0 Å². The lowest BCUT2D eigenvalue weighted by Crippen LogP contribution is -2.37. The van der Waals surface area contributed by atoms with E-state index in [1.165, 1.54) is 5.69 Å². The fraction of sp³-hybridized carbons (Fsp3) is 0.800. The molecule has 0 radical (unpaired) electrons. The molecule has 0 aromatic carbocycles. The molecule has 1 aromatic rings. The molecule has 0 spiro atoms. The van der Waals surface area contributed by atoms with E-state index in [0.717, 1.165) is 49.1 Å². The van der Waals surface area contributed by atoms with Gasteiger partial charge in [0.15, 0.2) is 0 Å². The van der Waals surface area contributed by atoms with Crippen LogP contribution in [0.15, 0.2) is 4.47 Å². The number of hydrogen-bond acceptors (Lipinski definition) is 3. The maximum atomic E-state index is 5.26. The van der Waals surface area contributed by atoms with Crippen LogP contribution in [-0.4, -0.2) is 41.0 Å². The second kappa shape index (κ2) is 8.80. The molecule has 116 valence electrons. The average Bonchev–Trinajstić information content (AvgIpc) is 2.72. The minimum absolute atomic E-state index is 0.594. The minimum Gasteiger partial charge on any atom is -0.383 e. The van der Waals surface area contributed by atoms with Crippen molar-refractivity contribution in [2.75, 3.05) is 20.3 Å². The Bertz CT molecular complexity index is 402. The van der Waals surface area contributed by atoms with Crippen LogP contribution in [0.1, 0.15) is 45.0 Å². The highest BCUT2D eigenvalue weighted by Crippen LogP contribution is 2.24. The Morgan fingerprint density at radius 2 is 1.95 bits per heavy atom. The maximum absolute atomic E-state index is 5.26. The van der Waals surface area contributed by atoms with Gasteiger partial charge in [0.2, 0.25) is 0 Å². The highest BCUT2D eigenvalue weighted by Gasteiger charge is 2.20. The lowest BCUT2D eigenvalue weighted by molar-refractivity contribution is 0.108. The third kappa shape index (κ3) is 4.30. The number of nitrogens with zero attached hydrogens (tertiary/aromatic N) is 3. The Morgan fingerprint density at radius 1 is 1.30 bits per heavy atom. The van der Waals surface area contributed by atoms with E-state index in [0.29, 0.717) is 6.04 Å². The van der Waals surface area contributed by atoms with E-state index in [-0.39, 0.29) is 0 Å². The number of aromatic nitrogens is 2. The first-order valence-corrected chi connectivity index (χ1v) is 8.31. The fourth-order valence-corrected chi connectivity index (χ4v) is 3.33. The Hall–Kier alpha value is -0.390. The van der Waals surface area contributed by atoms with E-state index in [9.17, 15) is 0 Å². The lowest BCUT2D eigenvalue weighted by atomic mass is 10.1. The van der Waals surface area contributed by atoms with Crippen LogP contribution in [0.5, 0.6) is 0 Å². The molecule has 0 unspecified atom stereocenters. The molecular formula is C15H28BrN3O. The zero-order valence-corrected chi connectivity index (χ0v) is 15.0. The van der Waals surface area contributed by atoms with Crippen LogP contribution < -0.4 is 0 Å². The summed E-state index contributed by atoms with van der Waals surface area (Å²) in [6, 6.07) is 0.594. The summed E-state index contributed by atoms with van der Waals surface area (Å²) in [7, 11) is 3.79. The van der Waals surface area contributed by atoms with Gasteiger partial charge in [0.05, 0.1) is 22.5 Å². The van der Waals surface area contributed by atoms with Crippen molar-refractivity contribution in [3.63, 3.8) is 0 Å². The molecule has 1 heterocycles. The quantitative estimate of drug-likeness (QED) is 0.687. The van der Waals surface area contributed by atoms with Crippen molar-refractivity contribution in [1.29, 1.82) is 0 Å². The Labute approximate surface area is 131 Å². The van der Waals surface area contributed by atoms with Gasteiger partial charge >= 0.3 is 0 Å². The molecule has 5 heteroatoms. The number of hydrogen-bond donors (Lipinski definition) is 0. The molecular weight excluding hydrogens is 318 g/mol. The average molecular weight is 346 g/mol. The topological polar surface area (TPSA) is 30.3 Å². The zero-order valence-electron chi connectivity index (χ0n) is 13.4. The summed E-state index contributed by atoms with van der Waals surface area (Å²) in [5.41, 5.74) is 2.39. The van der Waals surface area contributed by atoms with Gasteiger partial charge in [-0.2, -0.15) is 5.10 Å². The molecule has 0 aliphatic rings. The van der Waals surface area contributed by atoms with Crippen LogP contribution in [-0.2, 0) is 24.8 Å². The van der Waals surface area contributed by atoms with Crippen LogP contribution in [0.4, 0.5) is 0 Å². The van der Waals surface area contributed by atoms with E-state index < -0.39 is 0 Å². The highest BCUT2D eigenvalue weighted by molar-refractivity contribution is 9.10. The van der Waals surface area contributed by atoms with Gasteiger partial charge in [-0.3, -0.25) is 9.58 Å². The Balaban J connectivity index is 2.91. The minimum atomic E-state index is 0.594. The number of ether oxygens (including phenoxy) is 1. The van der Waals surface area contributed by atoms with Crippen molar-refractivity contribution >= 4 is 15.9 Å². The fourth-order valence-electron chi connectivity index (χ4n) is 2.59. The summed E-state index contributed by atoms with van der Waals surface area (Å²) < 4.78 is 8.43. The summed E-state index contributed by atoms with van der Waals surface area (Å²) in [6.45, 7) is 9.29. The summed E-state index contributed by atoms with van der Waals surface area (Å²) in [6.07, 6.45) is 3.28. The molecule has 0 fully saturated rings. The molecule has 1 rings (SSSR count). The monoisotopic (exact) mass is 345 g/mol. The number of halogens is 1. The first kappa shape index (κ1) is 17.7. The first-order chi connectivity index (χ1) is 9.58. The van der Waals surface area contributed by atoms with Gasteiger partial charge in [-0.25, -0.2) is 0 Å². The third-order valence-electron chi connectivity index (χ3n) is 3.90. The van der Waals surface area contributed by atoms with Crippen molar-refractivity contribution in [2.24, 2.45) is 7.05 Å². The van der Waals surface area contributed by atoms with Crippen LogP contribution in [0, 0.1) is 0 Å². The van der Waals surface area contributed by atoms with Gasteiger partial charge in [-0.05, 0) is 35.2 Å². The molecule has 0 aliphatic heterocycles. The number of methoxy groups -OCH3 is 1. The molecule has 1 aromatic heterocycles. The van der Waals surface area contributed by atoms with Crippen molar-refractivity contribution in [2.45, 2.75) is 52.6 Å². The number of aryl methyl sites for hydroxylation is 2. The van der Waals surface area contributed by atoms with Gasteiger partial charge in [-0.1, -0.05) is 20.8 Å². The molecule has 0 bridgehead atoms. The Kier molecular flexibility index (Phi) is 7.77. The van der Waals surface area contributed by atoms with Gasteiger partial charge < -0.3 is 4.74 Å². The van der Waals surface area contributed by atoms with Gasteiger partial charge in [0.1, 0.15) is 0 Å². The SMILES string of the molecule is CCc1nn(C)c(CN(CCOC)C(CC)CC)c1Br. The van der Waals surface area contributed by atoms with Gasteiger partial charge in [-0.15, -0.1) is 0 Å². The van der Waals surface area contributed by atoms with E-state index in [4.69, 9.17) is 4.74 Å². The lowest BCUT2D eigenvalue weighted by Gasteiger charge is -2.30. The number of rotatable bonds is 9. The smallest absolute Gasteiger partial charge is 0.0767 e. The van der Waals surface area contributed by atoms with Gasteiger partial charge in [0, 0.05) is 33.3 Å². The highest BCUT2D eigenvalue weighted by atomic mass is 79.9. The molecule has 0 amide bonds. The summed E-state index contributed by atoms with van der Waals surface area (Å²) in [4.78, 5) is 2.50. The molecule has 0 atom stereocenters. The molecule has 0 saturated heterocycles. The van der Waals surface area contributed by atoms with Crippen LogP contribution >= 0.6 is 15.9 Å². The standard InChI is InChI=1S/C15H28BrN3O/c1-6-12(7-2)19(9-10-20-5)11-14-15(16)13(8-3)17-18(14)4/h12H,6-11H2,1-5H3. The van der Waals surface area contributed by atoms with Gasteiger partial charge in [0.25, 0.3) is 0 Å². The predicted octanol–water partition coefficient (Wildman–Crippen LogP) is 3.38. The maximum Gasteiger partial charge on any atom is 0.0767 e. The molecule has 0 N–H and O–H groups in total. The van der Waals surface area contributed by atoms with Crippen LogP contribution in [0.2, 0.25) is 0 Å². The zero-order chi connectivity index (χ0) is 15.1. The molecule has 0 saturated carbocycles. The van der Waals surface area contributed by atoms with Crippen molar-refractivity contribution < 1.29 is 4.74 Å². The third-order valence-corrected chi connectivity index (χ3v) is 4.81. The first-order valence-electron chi connectivity index (χ1n) is 7.52. The molecule has 0 aliphatic carbocycles. The second-order valence-electron chi connectivity index (χ2n) is 5.12. The van der Waals surface area contributed by atoms with Crippen LogP contribution in [0.3, 0.4) is 0 Å². The van der Waals surface area contributed by atoms with Crippen molar-refractivity contribution in [3.8, 4) is 0 Å². The van der Waals surface area contributed by atoms with Crippen LogP contribution in [0.25, 0.3) is 0 Å². The summed E-state index contributed by atoms with van der Waals surface area (Å²) in [5, 5.41) is 4.58. The Morgan fingerprint density at radius 3 is 2.40 bits per heavy atom. The van der Waals surface area contributed by atoms with E-state index in [1.807, 2.05) is 11.7 Å².